The Bertz CT molecular complexity index is 733. The van der Waals surface area contributed by atoms with E-state index in [1.54, 1.807) is 23.0 Å². The standard InChI is InChI=1S/C14H8BrCl2N3/c15-9-4-6-10(7-5-9)20-13(8-18-19-20)14-11(16)2-1-3-12(14)17/h1-8H. The average Bonchev–Trinajstić information content (AvgIpc) is 2.88. The summed E-state index contributed by atoms with van der Waals surface area (Å²) >= 11 is 15.9. The van der Waals surface area contributed by atoms with Crippen molar-refractivity contribution in [3.05, 3.63) is 63.2 Å². The van der Waals surface area contributed by atoms with Crippen molar-refractivity contribution >= 4 is 39.1 Å². The number of benzene rings is 2. The normalized spacial score (nSPS) is 10.8. The summed E-state index contributed by atoms with van der Waals surface area (Å²) in [5.74, 6) is 0. The highest BCUT2D eigenvalue weighted by Crippen LogP contribution is 2.34. The molecule has 0 aliphatic carbocycles. The first-order valence-corrected chi connectivity index (χ1v) is 7.33. The summed E-state index contributed by atoms with van der Waals surface area (Å²) in [5.41, 5.74) is 2.36. The van der Waals surface area contributed by atoms with Gasteiger partial charge in [0.15, 0.2) is 0 Å². The zero-order valence-corrected chi connectivity index (χ0v) is 13.2. The minimum absolute atomic E-state index is 0.568. The maximum absolute atomic E-state index is 6.24. The lowest BCUT2D eigenvalue weighted by Crippen LogP contribution is -1.99. The predicted octanol–water partition coefficient (Wildman–Crippen LogP) is 5.00. The molecular formula is C14H8BrCl2N3. The molecule has 3 nitrogen and oxygen atoms in total. The highest BCUT2D eigenvalue weighted by molar-refractivity contribution is 9.10. The van der Waals surface area contributed by atoms with Gasteiger partial charge in [-0.25, -0.2) is 4.68 Å². The molecule has 1 heterocycles. The molecule has 0 bridgehead atoms. The summed E-state index contributed by atoms with van der Waals surface area (Å²) in [6, 6.07) is 13.1. The van der Waals surface area contributed by atoms with E-state index in [4.69, 9.17) is 23.2 Å². The molecule has 0 saturated heterocycles. The van der Waals surface area contributed by atoms with Gasteiger partial charge in [-0.1, -0.05) is 50.4 Å². The van der Waals surface area contributed by atoms with Crippen molar-refractivity contribution in [2.75, 3.05) is 0 Å². The van der Waals surface area contributed by atoms with Gasteiger partial charge >= 0.3 is 0 Å². The third kappa shape index (κ3) is 2.46. The molecule has 1 aromatic heterocycles. The van der Waals surface area contributed by atoms with Gasteiger partial charge in [0.05, 0.1) is 27.6 Å². The Morgan fingerprint density at radius 1 is 0.950 bits per heavy atom. The van der Waals surface area contributed by atoms with E-state index in [-0.39, 0.29) is 0 Å². The van der Waals surface area contributed by atoms with Crippen LogP contribution >= 0.6 is 39.1 Å². The lowest BCUT2D eigenvalue weighted by atomic mass is 10.1. The van der Waals surface area contributed by atoms with Crippen LogP contribution in [0.4, 0.5) is 0 Å². The van der Waals surface area contributed by atoms with Crippen molar-refractivity contribution in [2.45, 2.75) is 0 Å². The fraction of sp³-hybridized carbons (Fsp3) is 0. The lowest BCUT2D eigenvalue weighted by Gasteiger charge is -2.09. The van der Waals surface area contributed by atoms with Crippen LogP contribution in [0.2, 0.25) is 10.0 Å². The van der Waals surface area contributed by atoms with Crippen LogP contribution in [-0.2, 0) is 0 Å². The second-order valence-corrected chi connectivity index (χ2v) is 5.83. The van der Waals surface area contributed by atoms with Gasteiger partial charge < -0.3 is 0 Å². The summed E-state index contributed by atoms with van der Waals surface area (Å²) in [5, 5.41) is 9.21. The van der Waals surface area contributed by atoms with E-state index in [9.17, 15) is 0 Å². The quantitative estimate of drug-likeness (QED) is 0.636. The van der Waals surface area contributed by atoms with E-state index >= 15 is 0 Å². The van der Waals surface area contributed by atoms with E-state index in [2.05, 4.69) is 26.2 Å². The first-order chi connectivity index (χ1) is 9.66. The topological polar surface area (TPSA) is 30.7 Å². The molecule has 2 aromatic carbocycles. The fourth-order valence-corrected chi connectivity index (χ4v) is 2.78. The first kappa shape index (κ1) is 13.6. The molecule has 100 valence electrons. The number of hydrogen-bond donors (Lipinski definition) is 0. The van der Waals surface area contributed by atoms with E-state index in [0.717, 1.165) is 21.4 Å². The van der Waals surface area contributed by atoms with Gasteiger partial charge in [-0.3, -0.25) is 0 Å². The second-order valence-electron chi connectivity index (χ2n) is 4.10. The fourth-order valence-electron chi connectivity index (χ4n) is 1.92. The second kappa shape index (κ2) is 5.56. The van der Waals surface area contributed by atoms with Gasteiger partial charge in [-0.15, -0.1) is 5.10 Å². The molecule has 0 radical (unpaired) electrons. The maximum atomic E-state index is 6.24. The highest BCUT2D eigenvalue weighted by atomic mass is 79.9. The van der Waals surface area contributed by atoms with E-state index in [1.807, 2.05) is 30.3 Å². The van der Waals surface area contributed by atoms with Gasteiger partial charge in [0.1, 0.15) is 0 Å². The Labute approximate surface area is 134 Å². The van der Waals surface area contributed by atoms with Gasteiger partial charge in [0.25, 0.3) is 0 Å². The Kier molecular flexibility index (Phi) is 3.78. The van der Waals surface area contributed by atoms with Crippen LogP contribution in [0.5, 0.6) is 0 Å². The maximum Gasteiger partial charge on any atom is 0.0974 e. The number of aromatic nitrogens is 3. The molecule has 3 aromatic rings. The molecule has 3 rings (SSSR count). The SMILES string of the molecule is Clc1cccc(Cl)c1-c1cnnn1-c1ccc(Br)cc1. The molecule has 0 saturated carbocycles. The van der Waals surface area contributed by atoms with E-state index in [0.29, 0.717) is 10.0 Å². The van der Waals surface area contributed by atoms with Crippen LogP contribution in [0.15, 0.2) is 53.1 Å². The molecule has 0 amide bonds. The Morgan fingerprint density at radius 2 is 1.60 bits per heavy atom. The average molecular weight is 369 g/mol. The van der Waals surface area contributed by atoms with Crippen LogP contribution in [0.1, 0.15) is 0 Å². The van der Waals surface area contributed by atoms with Crippen LogP contribution in [-0.4, -0.2) is 15.0 Å². The third-order valence-electron chi connectivity index (χ3n) is 2.84. The summed E-state index contributed by atoms with van der Waals surface area (Å²) in [6.07, 6.45) is 1.65. The van der Waals surface area contributed by atoms with Crippen molar-refractivity contribution in [3.63, 3.8) is 0 Å². The summed E-state index contributed by atoms with van der Waals surface area (Å²) in [6.45, 7) is 0. The van der Waals surface area contributed by atoms with E-state index < -0.39 is 0 Å². The van der Waals surface area contributed by atoms with Crippen LogP contribution in [0, 0.1) is 0 Å². The van der Waals surface area contributed by atoms with Crippen LogP contribution in [0.25, 0.3) is 16.9 Å². The van der Waals surface area contributed by atoms with E-state index in [1.165, 1.54) is 0 Å². The third-order valence-corrected chi connectivity index (χ3v) is 4.00. The molecule has 0 spiro atoms. The van der Waals surface area contributed by atoms with Gasteiger partial charge in [0, 0.05) is 10.0 Å². The summed E-state index contributed by atoms with van der Waals surface area (Å²) in [4.78, 5) is 0. The smallest absolute Gasteiger partial charge is 0.0974 e. The molecule has 0 atom stereocenters. The summed E-state index contributed by atoms with van der Waals surface area (Å²) < 4.78 is 2.71. The molecule has 20 heavy (non-hydrogen) atoms. The minimum Gasteiger partial charge on any atom is -0.213 e. The number of hydrogen-bond acceptors (Lipinski definition) is 2. The van der Waals surface area contributed by atoms with Gasteiger partial charge in [-0.05, 0) is 36.4 Å². The van der Waals surface area contributed by atoms with Gasteiger partial charge in [-0.2, -0.15) is 0 Å². The van der Waals surface area contributed by atoms with Crippen LogP contribution in [0.3, 0.4) is 0 Å². The van der Waals surface area contributed by atoms with Crippen molar-refractivity contribution < 1.29 is 0 Å². The molecule has 0 aliphatic rings. The van der Waals surface area contributed by atoms with Crippen molar-refractivity contribution in [1.29, 1.82) is 0 Å². The molecule has 0 aliphatic heterocycles. The largest absolute Gasteiger partial charge is 0.213 e. The van der Waals surface area contributed by atoms with Gasteiger partial charge in [0.2, 0.25) is 0 Å². The molecule has 0 fully saturated rings. The Morgan fingerprint density at radius 3 is 2.25 bits per heavy atom. The number of halogens is 3. The highest BCUT2D eigenvalue weighted by Gasteiger charge is 2.15. The number of nitrogens with zero attached hydrogens (tertiary/aromatic N) is 3. The molecule has 0 N–H and O–H groups in total. The van der Waals surface area contributed by atoms with Crippen molar-refractivity contribution in [2.24, 2.45) is 0 Å². The van der Waals surface area contributed by atoms with Crippen molar-refractivity contribution in [1.82, 2.24) is 15.0 Å². The van der Waals surface area contributed by atoms with Crippen molar-refractivity contribution in [3.8, 4) is 16.9 Å². The first-order valence-electron chi connectivity index (χ1n) is 5.78. The van der Waals surface area contributed by atoms with Crippen LogP contribution < -0.4 is 0 Å². The molecule has 0 unspecified atom stereocenters. The Hall–Kier alpha value is -1.36. The zero-order chi connectivity index (χ0) is 14.1. The molecule has 6 heteroatoms. The lowest BCUT2D eigenvalue weighted by molar-refractivity contribution is 0.808. The minimum atomic E-state index is 0.568. The number of rotatable bonds is 2. The predicted molar refractivity (Wildman–Crippen MR) is 84.5 cm³/mol. The zero-order valence-electron chi connectivity index (χ0n) is 10.1. The monoisotopic (exact) mass is 367 g/mol. The summed E-state index contributed by atoms with van der Waals surface area (Å²) in [7, 11) is 0. The molecular weight excluding hydrogens is 361 g/mol. The Balaban J connectivity index is 2.18.